The van der Waals surface area contributed by atoms with Gasteiger partial charge in [0, 0.05) is 6.42 Å². The number of nitrogens with zero attached hydrogens (tertiary/aromatic N) is 1. The van der Waals surface area contributed by atoms with E-state index in [9.17, 15) is 13.6 Å². The summed E-state index contributed by atoms with van der Waals surface area (Å²) in [6, 6.07) is 3.51. The van der Waals surface area contributed by atoms with Gasteiger partial charge in [-0.05, 0) is 12.1 Å². The first-order valence-corrected chi connectivity index (χ1v) is 5.42. The topological polar surface area (TPSA) is 38.7 Å². The number of rotatable bonds is 3. The van der Waals surface area contributed by atoms with Gasteiger partial charge in [-0.2, -0.15) is 0 Å². The van der Waals surface area contributed by atoms with E-state index < -0.39 is 23.5 Å². The van der Waals surface area contributed by atoms with E-state index in [0.717, 1.165) is 12.1 Å². The van der Waals surface area contributed by atoms with E-state index in [1.165, 1.54) is 6.07 Å². The minimum Gasteiger partial charge on any atom is -0.387 e. The molecule has 90 valence electrons. The molecule has 1 unspecified atom stereocenters. The summed E-state index contributed by atoms with van der Waals surface area (Å²) >= 11 is 5.35. The largest absolute Gasteiger partial charge is 0.387 e. The zero-order chi connectivity index (χ0) is 12.4. The lowest BCUT2D eigenvalue weighted by molar-refractivity contribution is -0.110. The van der Waals surface area contributed by atoms with Crippen LogP contribution >= 0.6 is 11.6 Å². The summed E-state index contributed by atoms with van der Waals surface area (Å²) in [5, 5.41) is 3.50. The highest BCUT2D eigenvalue weighted by molar-refractivity contribution is 6.49. The Bertz CT molecular complexity index is 470. The molecule has 0 fully saturated rings. The lowest BCUT2D eigenvalue weighted by Crippen LogP contribution is -2.14. The van der Waals surface area contributed by atoms with E-state index in [-0.39, 0.29) is 23.6 Å². The van der Waals surface area contributed by atoms with E-state index in [0.29, 0.717) is 0 Å². The number of carbonyl (C=O) groups excluding carboxylic acids is 1. The molecule has 0 N–H and O–H groups in total. The molecule has 17 heavy (non-hydrogen) atoms. The maximum Gasteiger partial charge on any atom is 0.195 e. The van der Waals surface area contributed by atoms with Crippen LogP contribution in [-0.2, 0) is 9.63 Å². The first-order valence-electron chi connectivity index (χ1n) is 4.89. The number of hydrogen-bond acceptors (Lipinski definition) is 3. The van der Waals surface area contributed by atoms with Crippen molar-refractivity contribution in [3.8, 4) is 0 Å². The molecule has 0 aliphatic carbocycles. The lowest BCUT2D eigenvalue weighted by Gasteiger charge is -2.10. The number of Topliss-reactive ketones (excluding diaryl/α,β-unsaturated/α-hetero) is 1. The van der Waals surface area contributed by atoms with Crippen LogP contribution in [0.3, 0.4) is 0 Å². The third-order valence-corrected chi connectivity index (χ3v) is 2.68. The maximum atomic E-state index is 13.4. The van der Waals surface area contributed by atoms with Gasteiger partial charge in [-0.1, -0.05) is 11.2 Å². The van der Waals surface area contributed by atoms with E-state index in [1.807, 2.05) is 0 Å². The number of benzene rings is 1. The average Bonchev–Trinajstić information content (AvgIpc) is 2.77. The van der Waals surface area contributed by atoms with Gasteiger partial charge in [-0.3, -0.25) is 4.79 Å². The molecule has 0 aromatic heterocycles. The van der Waals surface area contributed by atoms with Crippen LogP contribution in [0.1, 0.15) is 18.1 Å². The fraction of sp³-hybridized carbons (Fsp3) is 0.273. The van der Waals surface area contributed by atoms with Crippen LogP contribution in [0, 0.1) is 11.6 Å². The second-order valence-electron chi connectivity index (χ2n) is 3.53. The number of hydrogen-bond donors (Lipinski definition) is 0. The minimum atomic E-state index is -0.904. The highest BCUT2D eigenvalue weighted by Crippen LogP contribution is 2.31. The molecular weight excluding hydrogens is 252 g/mol. The molecule has 6 heteroatoms. The Morgan fingerprint density at radius 2 is 2.12 bits per heavy atom. The summed E-state index contributed by atoms with van der Waals surface area (Å²) in [6.45, 7) is 0. The predicted molar refractivity (Wildman–Crippen MR) is 58.0 cm³/mol. The molecular formula is C11H8ClF2NO2. The fourth-order valence-electron chi connectivity index (χ4n) is 1.59. The second kappa shape index (κ2) is 4.79. The Balaban J connectivity index is 2.21. The lowest BCUT2D eigenvalue weighted by atomic mass is 10.0. The monoisotopic (exact) mass is 259 g/mol. The van der Waals surface area contributed by atoms with Gasteiger partial charge in [-0.15, -0.1) is 11.6 Å². The smallest absolute Gasteiger partial charge is 0.195 e. The van der Waals surface area contributed by atoms with Crippen LogP contribution in [0.15, 0.2) is 23.4 Å². The highest BCUT2D eigenvalue weighted by Gasteiger charge is 2.30. The Kier molecular flexibility index (Phi) is 3.38. The predicted octanol–water partition coefficient (Wildman–Crippen LogP) is 2.59. The van der Waals surface area contributed by atoms with Gasteiger partial charge in [0.15, 0.2) is 11.9 Å². The van der Waals surface area contributed by atoms with Crippen LogP contribution < -0.4 is 0 Å². The molecule has 1 aromatic rings. The van der Waals surface area contributed by atoms with Crippen LogP contribution in [0.4, 0.5) is 8.78 Å². The third-order valence-electron chi connectivity index (χ3n) is 2.43. The van der Waals surface area contributed by atoms with Crippen LogP contribution in [0.2, 0.25) is 0 Å². The molecule has 1 atom stereocenters. The Morgan fingerprint density at radius 3 is 2.71 bits per heavy atom. The van der Waals surface area contributed by atoms with Crippen molar-refractivity contribution < 1.29 is 18.4 Å². The minimum absolute atomic E-state index is 0.0312. The molecule has 1 aliphatic heterocycles. The fourth-order valence-corrected chi connectivity index (χ4v) is 1.75. The molecule has 0 radical (unpaired) electrons. The van der Waals surface area contributed by atoms with Gasteiger partial charge in [0.25, 0.3) is 0 Å². The third kappa shape index (κ3) is 2.29. The van der Waals surface area contributed by atoms with E-state index in [4.69, 9.17) is 16.4 Å². The van der Waals surface area contributed by atoms with Crippen molar-refractivity contribution >= 4 is 23.1 Å². The summed E-state index contributed by atoms with van der Waals surface area (Å²) < 4.78 is 26.9. The number of alkyl halides is 1. The van der Waals surface area contributed by atoms with E-state index in [1.54, 1.807) is 0 Å². The Hall–Kier alpha value is -1.49. The Morgan fingerprint density at radius 1 is 1.47 bits per heavy atom. The van der Waals surface area contributed by atoms with Crippen molar-refractivity contribution in [3.05, 3.63) is 35.4 Å². The maximum absolute atomic E-state index is 13.4. The molecule has 0 amide bonds. The first kappa shape index (κ1) is 12.0. The molecule has 1 aromatic carbocycles. The van der Waals surface area contributed by atoms with Gasteiger partial charge in [0.2, 0.25) is 0 Å². The SMILES string of the molecule is O=C(CCl)C1=NOC(c2c(F)cccc2F)C1. The van der Waals surface area contributed by atoms with Crippen molar-refractivity contribution in [1.29, 1.82) is 0 Å². The van der Waals surface area contributed by atoms with Gasteiger partial charge in [-0.25, -0.2) is 8.78 Å². The van der Waals surface area contributed by atoms with Gasteiger partial charge >= 0.3 is 0 Å². The molecule has 2 rings (SSSR count). The standard InChI is InChI=1S/C11H8ClF2NO2/c12-5-9(16)8-4-10(17-15-8)11-6(13)2-1-3-7(11)14/h1-3,10H,4-5H2. The van der Waals surface area contributed by atoms with Crippen molar-refractivity contribution in [1.82, 2.24) is 0 Å². The summed E-state index contributed by atoms with van der Waals surface area (Å²) in [7, 11) is 0. The zero-order valence-corrected chi connectivity index (χ0v) is 9.38. The summed E-state index contributed by atoms with van der Waals surface area (Å²) in [5.41, 5.74) is -0.110. The molecule has 0 spiro atoms. The van der Waals surface area contributed by atoms with Crippen molar-refractivity contribution in [2.24, 2.45) is 5.16 Å². The van der Waals surface area contributed by atoms with Gasteiger partial charge in [0.05, 0.1) is 11.4 Å². The number of carbonyl (C=O) groups is 1. The normalized spacial score (nSPS) is 18.8. The summed E-state index contributed by atoms with van der Waals surface area (Å²) in [6.07, 6.45) is -0.873. The number of ketones is 1. The second-order valence-corrected chi connectivity index (χ2v) is 3.80. The number of oxime groups is 1. The van der Waals surface area contributed by atoms with Crippen LogP contribution in [0.25, 0.3) is 0 Å². The molecule has 0 bridgehead atoms. The highest BCUT2D eigenvalue weighted by atomic mass is 35.5. The quantitative estimate of drug-likeness (QED) is 0.783. The molecule has 3 nitrogen and oxygen atoms in total. The van der Waals surface area contributed by atoms with Crippen molar-refractivity contribution in [3.63, 3.8) is 0 Å². The summed E-state index contributed by atoms with van der Waals surface area (Å²) in [4.78, 5) is 16.1. The molecule has 1 heterocycles. The molecule has 0 saturated heterocycles. The van der Waals surface area contributed by atoms with E-state index >= 15 is 0 Å². The van der Waals surface area contributed by atoms with Crippen LogP contribution in [0.5, 0.6) is 0 Å². The Labute approximate surface area is 101 Å². The van der Waals surface area contributed by atoms with Gasteiger partial charge < -0.3 is 4.84 Å². The number of halogens is 3. The van der Waals surface area contributed by atoms with Crippen molar-refractivity contribution in [2.75, 3.05) is 5.88 Å². The van der Waals surface area contributed by atoms with Gasteiger partial charge in [0.1, 0.15) is 17.3 Å². The summed E-state index contributed by atoms with van der Waals surface area (Å²) in [5.74, 6) is -2.06. The van der Waals surface area contributed by atoms with E-state index in [2.05, 4.69) is 5.16 Å². The zero-order valence-electron chi connectivity index (χ0n) is 8.62. The first-order chi connectivity index (χ1) is 8.13. The average molecular weight is 260 g/mol. The molecule has 0 saturated carbocycles. The van der Waals surface area contributed by atoms with Crippen molar-refractivity contribution in [2.45, 2.75) is 12.5 Å². The van der Waals surface area contributed by atoms with Crippen LogP contribution in [-0.4, -0.2) is 17.4 Å². The molecule has 1 aliphatic rings.